The highest BCUT2D eigenvalue weighted by molar-refractivity contribution is 5.66. The topological polar surface area (TPSA) is 64.4 Å². The standard InChI is InChI=1S/C13H18N2O3/c1-3-18-11-7-10(8-11)14-13-9(2)5-4-6-12(13)15(16)17/h4-6,10-11,14H,3,7-8H2,1-2H3. The molecular weight excluding hydrogens is 232 g/mol. The lowest BCUT2D eigenvalue weighted by atomic mass is 9.88. The number of aryl methyl sites for hydroxylation is 1. The van der Waals surface area contributed by atoms with Gasteiger partial charge in [0.15, 0.2) is 0 Å². The fourth-order valence-corrected chi connectivity index (χ4v) is 2.25. The normalized spacial score (nSPS) is 22.3. The highest BCUT2D eigenvalue weighted by atomic mass is 16.6. The molecule has 0 spiro atoms. The summed E-state index contributed by atoms with van der Waals surface area (Å²) in [6.07, 6.45) is 2.13. The van der Waals surface area contributed by atoms with Crippen LogP contribution >= 0.6 is 0 Å². The van der Waals surface area contributed by atoms with E-state index in [4.69, 9.17) is 4.74 Å². The second-order valence-corrected chi connectivity index (χ2v) is 4.62. The average molecular weight is 250 g/mol. The number of para-hydroxylation sites is 1. The van der Waals surface area contributed by atoms with Gasteiger partial charge >= 0.3 is 0 Å². The third-order valence-electron chi connectivity index (χ3n) is 3.29. The van der Waals surface area contributed by atoms with Crippen LogP contribution in [0, 0.1) is 17.0 Å². The largest absolute Gasteiger partial charge is 0.378 e. The van der Waals surface area contributed by atoms with E-state index in [1.54, 1.807) is 6.07 Å². The monoisotopic (exact) mass is 250 g/mol. The van der Waals surface area contributed by atoms with E-state index < -0.39 is 0 Å². The molecule has 0 aromatic heterocycles. The Labute approximate surface area is 106 Å². The smallest absolute Gasteiger partial charge is 0.292 e. The first-order chi connectivity index (χ1) is 8.61. The Bertz CT molecular complexity index is 442. The second kappa shape index (κ2) is 5.35. The highest BCUT2D eigenvalue weighted by Crippen LogP contribution is 2.33. The number of hydrogen-bond donors (Lipinski definition) is 1. The zero-order valence-electron chi connectivity index (χ0n) is 10.7. The molecule has 0 bridgehead atoms. The molecule has 1 aromatic carbocycles. The molecule has 0 atom stereocenters. The Morgan fingerprint density at radius 3 is 2.83 bits per heavy atom. The molecule has 1 aliphatic rings. The molecule has 1 N–H and O–H groups in total. The van der Waals surface area contributed by atoms with Crippen molar-refractivity contribution in [1.29, 1.82) is 0 Å². The second-order valence-electron chi connectivity index (χ2n) is 4.62. The van der Waals surface area contributed by atoms with Gasteiger partial charge in [-0.25, -0.2) is 0 Å². The van der Waals surface area contributed by atoms with Crippen molar-refractivity contribution in [3.05, 3.63) is 33.9 Å². The van der Waals surface area contributed by atoms with Gasteiger partial charge in [0.1, 0.15) is 5.69 Å². The van der Waals surface area contributed by atoms with Crippen molar-refractivity contribution >= 4 is 11.4 Å². The van der Waals surface area contributed by atoms with Gasteiger partial charge in [-0.3, -0.25) is 10.1 Å². The summed E-state index contributed by atoms with van der Waals surface area (Å²) in [5.41, 5.74) is 1.70. The summed E-state index contributed by atoms with van der Waals surface area (Å²) < 4.78 is 5.48. The molecule has 5 heteroatoms. The van der Waals surface area contributed by atoms with Crippen LogP contribution < -0.4 is 5.32 Å². The zero-order chi connectivity index (χ0) is 13.1. The molecule has 5 nitrogen and oxygen atoms in total. The first-order valence-electron chi connectivity index (χ1n) is 6.24. The van der Waals surface area contributed by atoms with Gasteiger partial charge in [0, 0.05) is 18.7 Å². The van der Waals surface area contributed by atoms with Gasteiger partial charge in [-0.2, -0.15) is 0 Å². The van der Waals surface area contributed by atoms with Crippen LogP contribution in [0.1, 0.15) is 25.3 Å². The molecule has 2 rings (SSSR count). The number of rotatable bonds is 5. The molecule has 1 aromatic rings. The van der Waals surface area contributed by atoms with Gasteiger partial charge in [0.2, 0.25) is 0 Å². The van der Waals surface area contributed by atoms with E-state index >= 15 is 0 Å². The molecule has 0 radical (unpaired) electrons. The van der Waals surface area contributed by atoms with E-state index in [0.717, 1.165) is 25.0 Å². The third-order valence-corrected chi connectivity index (χ3v) is 3.29. The summed E-state index contributed by atoms with van der Waals surface area (Å²) in [5, 5.41) is 14.2. The van der Waals surface area contributed by atoms with Crippen LogP contribution in [0.4, 0.5) is 11.4 Å². The van der Waals surface area contributed by atoms with Crippen LogP contribution in [0.5, 0.6) is 0 Å². The van der Waals surface area contributed by atoms with Crippen LogP contribution in [0.25, 0.3) is 0 Å². The maximum Gasteiger partial charge on any atom is 0.292 e. The Kier molecular flexibility index (Phi) is 3.81. The summed E-state index contributed by atoms with van der Waals surface area (Å²) in [6, 6.07) is 5.41. The van der Waals surface area contributed by atoms with Crippen LogP contribution in [0.15, 0.2) is 18.2 Å². The number of ether oxygens (including phenoxy) is 1. The van der Waals surface area contributed by atoms with E-state index in [1.807, 2.05) is 19.9 Å². The average Bonchev–Trinajstić information content (AvgIpc) is 2.28. The predicted molar refractivity (Wildman–Crippen MR) is 69.9 cm³/mol. The number of hydrogen-bond acceptors (Lipinski definition) is 4. The molecule has 0 unspecified atom stereocenters. The number of nitro benzene ring substituents is 1. The quantitative estimate of drug-likeness (QED) is 0.644. The predicted octanol–water partition coefficient (Wildman–Crippen LogP) is 2.88. The van der Waals surface area contributed by atoms with Crippen molar-refractivity contribution < 1.29 is 9.66 Å². The van der Waals surface area contributed by atoms with E-state index in [9.17, 15) is 10.1 Å². The van der Waals surface area contributed by atoms with Gasteiger partial charge in [0.25, 0.3) is 5.69 Å². The summed E-state index contributed by atoms with van der Waals surface area (Å²) in [6.45, 7) is 4.59. The number of nitrogens with one attached hydrogen (secondary N) is 1. The molecule has 0 amide bonds. The highest BCUT2D eigenvalue weighted by Gasteiger charge is 2.31. The number of anilines is 1. The summed E-state index contributed by atoms with van der Waals surface area (Å²) in [5.74, 6) is 0. The molecule has 0 aliphatic heterocycles. The third kappa shape index (κ3) is 2.61. The SMILES string of the molecule is CCOC1CC(Nc2c(C)cccc2[N+](=O)[O-])C1. The summed E-state index contributed by atoms with van der Waals surface area (Å²) in [7, 11) is 0. The maximum atomic E-state index is 11.0. The Morgan fingerprint density at radius 1 is 1.50 bits per heavy atom. The Hall–Kier alpha value is -1.62. The summed E-state index contributed by atoms with van der Waals surface area (Å²) in [4.78, 5) is 10.6. The lowest BCUT2D eigenvalue weighted by Crippen LogP contribution is -2.41. The van der Waals surface area contributed by atoms with Gasteiger partial charge in [-0.05, 0) is 32.3 Å². The number of nitro groups is 1. The van der Waals surface area contributed by atoms with Gasteiger partial charge < -0.3 is 10.1 Å². The molecule has 0 saturated heterocycles. The van der Waals surface area contributed by atoms with E-state index in [-0.39, 0.29) is 16.7 Å². The van der Waals surface area contributed by atoms with Crippen molar-refractivity contribution in [2.75, 3.05) is 11.9 Å². The van der Waals surface area contributed by atoms with Crippen LogP contribution in [0.3, 0.4) is 0 Å². The van der Waals surface area contributed by atoms with E-state index in [1.165, 1.54) is 6.07 Å². The lowest BCUT2D eigenvalue weighted by molar-refractivity contribution is -0.384. The molecule has 0 heterocycles. The molecule has 1 fully saturated rings. The maximum absolute atomic E-state index is 11.0. The van der Waals surface area contributed by atoms with Crippen LogP contribution in [-0.4, -0.2) is 23.7 Å². The first kappa shape index (κ1) is 12.8. The fraction of sp³-hybridized carbons (Fsp3) is 0.538. The van der Waals surface area contributed by atoms with Crippen molar-refractivity contribution in [3.63, 3.8) is 0 Å². The molecule has 1 saturated carbocycles. The Morgan fingerprint density at radius 2 is 2.22 bits per heavy atom. The zero-order valence-corrected chi connectivity index (χ0v) is 10.7. The minimum Gasteiger partial charge on any atom is -0.378 e. The van der Waals surface area contributed by atoms with Crippen molar-refractivity contribution in [2.24, 2.45) is 0 Å². The minimum absolute atomic E-state index is 0.148. The minimum atomic E-state index is -0.339. The number of benzene rings is 1. The summed E-state index contributed by atoms with van der Waals surface area (Å²) >= 11 is 0. The Balaban J connectivity index is 2.04. The van der Waals surface area contributed by atoms with Gasteiger partial charge in [0.05, 0.1) is 11.0 Å². The van der Waals surface area contributed by atoms with Crippen molar-refractivity contribution in [3.8, 4) is 0 Å². The number of nitrogens with zero attached hydrogens (tertiary/aromatic N) is 1. The van der Waals surface area contributed by atoms with Crippen LogP contribution in [0.2, 0.25) is 0 Å². The molecule has 98 valence electrons. The van der Waals surface area contributed by atoms with Gasteiger partial charge in [-0.15, -0.1) is 0 Å². The van der Waals surface area contributed by atoms with Crippen molar-refractivity contribution in [1.82, 2.24) is 0 Å². The molecular formula is C13H18N2O3. The lowest BCUT2D eigenvalue weighted by Gasteiger charge is -2.36. The van der Waals surface area contributed by atoms with Crippen molar-refractivity contribution in [2.45, 2.75) is 38.8 Å². The first-order valence-corrected chi connectivity index (χ1v) is 6.24. The molecule has 1 aliphatic carbocycles. The van der Waals surface area contributed by atoms with E-state index in [0.29, 0.717) is 11.8 Å². The fourth-order valence-electron chi connectivity index (χ4n) is 2.25. The van der Waals surface area contributed by atoms with Gasteiger partial charge in [-0.1, -0.05) is 12.1 Å². The van der Waals surface area contributed by atoms with Crippen LogP contribution in [-0.2, 0) is 4.74 Å². The van der Waals surface area contributed by atoms with E-state index in [2.05, 4.69) is 5.32 Å². The molecule has 18 heavy (non-hydrogen) atoms.